The van der Waals surface area contributed by atoms with E-state index in [4.69, 9.17) is 5.26 Å². The van der Waals surface area contributed by atoms with Crippen molar-refractivity contribution < 1.29 is 5.11 Å². The summed E-state index contributed by atoms with van der Waals surface area (Å²) in [6.45, 7) is 7.35. The highest BCUT2D eigenvalue weighted by atomic mass is 32.1. The first-order valence-corrected chi connectivity index (χ1v) is 6.64. The first-order valence-electron chi connectivity index (χ1n) is 5.76. The number of hydrogen-bond acceptors (Lipinski definition) is 4. The summed E-state index contributed by atoms with van der Waals surface area (Å²) in [5.74, 6) is 0. The van der Waals surface area contributed by atoms with Crippen molar-refractivity contribution in [1.82, 2.24) is 5.32 Å². The van der Waals surface area contributed by atoms with Gasteiger partial charge < -0.3 is 10.4 Å². The average Bonchev–Trinajstić information content (AvgIpc) is 2.70. The number of rotatable bonds is 5. The molecule has 3 nitrogen and oxygen atoms in total. The molecule has 2 N–H and O–H groups in total. The quantitative estimate of drug-likeness (QED) is 0.846. The van der Waals surface area contributed by atoms with Crippen LogP contribution in [0.4, 0.5) is 0 Å². The molecule has 0 saturated carbocycles. The Morgan fingerprint density at radius 1 is 1.53 bits per heavy atom. The van der Waals surface area contributed by atoms with Crippen LogP contribution in [0, 0.1) is 16.7 Å². The SMILES string of the molecule is CC(C)(C)CC(CO)NCc1cc(C#N)cs1. The van der Waals surface area contributed by atoms with Gasteiger partial charge in [0.1, 0.15) is 6.07 Å². The van der Waals surface area contributed by atoms with E-state index in [1.54, 1.807) is 11.3 Å². The first-order chi connectivity index (χ1) is 7.94. The molecule has 0 amide bonds. The Morgan fingerprint density at radius 3 is 2.71 bits per heavy atom. The van der Waals surface area contributed by atoms with Gasteiger partial charge in [0.25, 0.3) is 0 Å². The third kappa shape index (κ3) is 5.31. The van der Waals surface area contributed by atoms with E-state index in [9.17, 15) is 5.11 Å². The Hall–Kier alpha value is -0.890. The minimum absolute atomic E-state index is 0.114. The molecule has 1 aromatic rings. The molecular weight excluding hydrogens is 232 g/mol. The van der Waals surface area contributed by atoms with E-state index in [0.29, 0.717) is 12.1 Å². The number of aliphatic hydroxyl groups is 1. The normalized spacial score (nSPS) is 13.4. The molecule has 17 heavy (non-hydrogen) atoms. The predicted octanol–water partition coefficient (Wildman–Crippen LogP) is 2.51. The summed E-state index contributed by atoms with van der Waals surface area (Å²) in [6.07, 6.45) is 0.931. The highest BCUT2D eigenvalue weighted by Gasteiger charge is 2.17. The van der Waals surface area contributed by atoms with Gasteiger partial charge in [-0.25, -0.2) is 0 Å². The van der Waals surface area contributed by atoms with Gasteiger partial charge in [-0.1, -0.05) is 20.8 Å². The van der Waals surface area contributed by atoms with Gasteiger partial charge in [0.2, 0.25) is 0 Å². The van der Waals surface area contributed by atoms with Crippen molar-refractivity contribution in [2.45, 2.75) is 39.8 Å². The maximum Gasteiger partial charge on any atom is 0.100 e. The topological polar surface area (TPSA) is 56.0 Å². The Kier molecular flexibility index (Phi) is 5.13. The number of nitrogens with one attached hydrogen (secondary N) is 1. The molecule has 1 unspecified atom stereocenters. The standard InChI is InChI=1S/C13H20N2OS/c1-13(2,3)5-11(8-16)15-7-12-4-10(6-14)9-17-12/h4,9,11,15-16H,5,7-8H2,1-3H3. The largest absolute Gasteiger partial charge is 0.395 e. The van der Waals surface area contributed by atoms with E-state index in [1.165, 1.54) is 0 Å². The number of thiophene rings is 1. The summed E-state index contributed by atoms with van der Waals surface area (Å²) in [5.41, 5.74) is 0.913. The molecule has 0 aromatic carbocycles. The first kappa shape index (κ1) is 14.2. The number of nitriles is 1. The maximum absolute atomic E-state index is 9.31. The van der Waals surface area contributed by atoms with Crippen LogP contribution in [0.25, 0.3) is 0 Å². The Balaban J connectivity index is 2.45. The van der Waals surface area contributed by atoms with Gasteiger partial charge in [-0.15, -0.1) is 11.3 Å². The molecule has 1 aromatic heterocycles. The van der Waals surface area contributed by atoms with Crippen LogP contribution in [0.15, 0.2) is 11.4 Å². The van der Waals surface area contributed by atoms with Crippen LogP contribution in [0.2, 0.25) is 0 Å². The minimum Gasteiger partial charge on any atom is -0.395 e. The van der Waals surface area contributed by atoms with E-state index in [0.717, 1.165) is 11.3 Å². The Labute approximate surface area is 107 Å². The lowest BCUT2D eigenvalue weighted by molar-refractivity contribution is 0.198. The highest BCUT2D eigenvalue weighted by Crippen LogP contribution is 2.21. The van der Waals surface area contributed by atoms with E-state index in [1.807, 2.05) is 11.4 Å². The number of aliphatic hydroxyl groups excluding tert-OH is 1. The molecule has 1 atom stereocenters. The zero-order valence-corrected chi connectivity index (χ0v) is 11.5. The molecule has 0 fully saturated rings. The van der Waals surface area contributed by atoms with Crippen LogP contribution in [0.1, 0.15) is 37.6 Å². The second kappa shape index (κ2) is 6.15. The molecule has 1 heterocycles. The molecule has 4 heteroatoms. The second-order valence-electron chi connectivity index (χ2n) is 5.44. The monoisotopic (exact) mass is 252 g/mol. The van der Waals surface area contributed by atoms with Crippen LogP contribution >= 0.6 is 11.3 Å². The van der Waals surface area contributed by atoms with E-state index in [-0.39, 0.29) is 18.1 Å². The Bertz CT molecular complexity index is 387. The molecule has 94 valence electrons. The number of nitrogens with zero attached hydrogens (tertiary/aromatic N) is 1. The maximum atomic E-state index is 9.31. The van der Waals surface area contributed by atoms with Crippen molar-refractivity contribution in [3.63, 3.8) is 0 Å². The molecule has 0 saturated heterocycles. The summed E-state index contributed by atoms with van der Waals surface area (Å²) in [6, 6.07) is 4.13. The lowest BCUT2D eigenvalue weighted by Gasteiger charge is -2.25. The molecule has 0 radical (unpaired) electrons. The molecule has 1 rings (SSSR count). The van der Waals surface area contributed by atoms with Crippen LogP contribution in [-0.2, 0) is 6.54 Å². The van der Waals surface area contributed by atoms with Gasteiger partial charge in [-0.3, -0.25) is 0 Å². The predicted molar refractivity (Wildman–Crippen MR) is 70.8 cm³/mol. The third-order valence-corrected chi connectivity index (χ3v) is 3.36. The summed E-state index contributed by atoms with van der Waals surface area (Å²) in [4.78, 5) is 1.13. The van der Waals surface area contributed by atoms with Crippen molar-refractivity contribution in [2.24, 2.45) is 5.41 Å². The van der Waals surface area contributed by atoms with Gasteiger partial charge >= 0.3 is 0 Å². The van der Waals surface area contributed by atoms with Crippen LogP contribution in [-0.4, -0.2) is 17.8 Å². The highest BCUT2D eigenvalue weighted by molar-refractivity contribution is 7.10. The van der Waals surface area contributed by atoms with Gasteiger partial charge in [0.15, 0.2) is 0 Å². The van der Waals surface area contributed by atoms with E-state index in [2.05, 4.69) is 32.2 Å². The van der Waals surface area contributed by atoms with Crippen molar-refractivity contribution in [3.05, 3.63) is 21.9 Å². The third-order valence-electron chi connectivity index (χ3n) is 2.43. The van der Waals surface area contributed by atoms with Crippen LogP contribution < -0.4 is 5.32 Å². The fraction of sp³-hybridized carbons (Fsp3) is 0.615. The molecule has 0 spiro atoms. The van der Waals surface area contributed by atoms with Gasteiger partial charge in [0.05, 0.1) is 12.2 Å². The fourth-order valence-electron chi connectivity index (χ4n) is 1.72. The molecule has 0 aliphatic carbocycles. The van der Waals surface area contributed by atoms with Crippen LogP contribution in [0.3, 0.4) is 0 Å². The van der Waals surface area contributed by atoms with Gasteiger partial charge in [-0.05, 0) is 17.9 Å². The summed E-state index contributed by atoms with van der Waals surface area (Å²) >= 11 is 1.58. The molecular formula is C13H20N2OS. The second-order valence-corrected chi connectivity index (χ2v) is 6.43. The summed E-state index contributed by atoms with van der Waals surface area (Å²) < 4.78 is 0. The Morgan fingerprint density at radius 2 is 2.24 bits per heavy atom. The van der Waals surface area contributed by atoms with Crippen molar-refractivity contribution in [1.29, 1.82) is 5.26 Å². The fourth-order valence-corrected chi connectivity index (χ4v) is 2.48. The summed E-state index contributed by atoms with van der Waals surface area (Å²) in [5, 5.41) is 23.2. The lowest BCUT2D eigenvalue weighted by atomic mass is 9.88. The van der Waals surface area contributed by atoms with Gasteiger partial charge in [-0.2, -0.15) is 5.26 Å². The van der Waals surface area contributed by atoms with E-state index >= 15 is 0 Å². The average molecular weight is 252 g/mol. The zero-order chi connectivity index (χ0) is 12.9. The zero-order valence-electron chi connectivity index (χ0n) is 10.7. The van der Waals surface area contributed by atoms with Crippen LogP contribution in [0.5, 0.6) is 0 Å². The van der Waals surface area contributed by atoms with Crippen molar-refractivity contribution in [2.75, 3.05) is 6.61 Å². The lowest BCUT2D eigenvalue weighted by Crippen LogP contribution is -2.35. The smallest absolute Gasteiger partial charge is 0.100 e. The molecule has 0 bridgehead atoms. The molecule has 0 aliphatic rings. The molecule has 0 aliphatic heterocycles. The van der Waals surface area contributed by atoms with Gasteiger partial charge in [0, 0.05) is 22.8 Å². The number of hydrogen-bond donors (Lipinski definition) is 2. The van der Waals surface area contributed by atoms with Crippen molar-refractivity contribution in [3.8, 4) is 6.07 Å². The summed E-state index contributed by atoms with van der Waals surface area (Å²) in [7, 11) is 0. The van der Waals surface area contributed by atoms with E-state index < -0.39 is 0 Å². The minimum atomic E-state index is 0.114. The van der Waals surface area contributed by atoms with Crippen molar-refractivity contribution >= 4 is 11.3 Å².